The van der Waals surface area contributed by atoms with E-state index in [9.17, 15) is 4.79 Å². The fourth-order valence-corrected chi connectivity index (χ4v) is 1.84. The summed E-state index contributed by atoms with van der Waals surface area (Å²) >= 11 is 0. The number of benzene rings is 1. The first kappa shape index (κ1) is 11.7. The number of rotatable bonds is 5. The minimum atomic E-state index is -0.469. The fourth-order valence-electron chi connectivity index (χ4n) is 1.84. The molecule has 4 N–H and O–H groups in total. The standard InChI is InChI=1S/C12H17N3O2/c13-12(16)8-17-11-3-1-2-9(6-11)15-10-4-5-14-7-10/h1-3,6,10,14-15H,4-5,7-8H2,(H2,13,16). The summed E-state index contributed by atoms with van der Waals surface area (Å²) in [7, 11) is 0. The van der Waals surface area contributed by atoms with Crippen molar-refractivity contribution < 1.29 is 9.53 Å². The van der Waals surface area contributed by atoms with Gasteiger partial charge in [-0.1, -0.05) is 6.07 Å². The summed E-state index contributed by atoms with van der Waals surface area (Å²) in [5.74, 6) is 0.183. The van der Waals surface area contributed by atoms with Crippen molar-refractivity contribution in [2.24, 2.45) is 5.73 Å². The van der Waals surface area contributed by atoms with Gasteiger partial charge in [0.15, 0.2) is 6.61 Å². The Hall–Kier alpha value is -1.75. The summed E-state index contributed by atoms with van der Waals surface area (Å²) in [6.45, 7) is 1.94. The molecule has 1 amide bonds. The number of hydrogen-bond acceptors (Lipinski definition) is 4. The van der Waals surface area contributed by atoms with Crippen LogP contribution in [0.5, 0.6) is 5.75 Å². The van der Waals surface area contributed by atoms with Crippen molar-refractivity contribution in [2.45, 2.75) is 12.5 Å². The quantitative estimate of drug-likeness (QED) is 0.687. The number of nitrogens with two attached hydrogens (primary N) is 1. The molecule has 5 nitrogen and oxygen atoms in total. The third-order valence-electron chi connectivity index (χ3n) is 2.65. The first-order valence-electron chi connectivity index (χ1n) is 5.72. The second-order valence-electron chi connectivity index (χ2n) is 4.12. The molecule has 1 aliphatic rings. The van der Waals surface area contributed by atoms with Crippen molar-refractivity contribution in [3.05, 3.63) is 24.3 Å². The Bertz CT molecular complexity index is 389. The molecule has 1 heterocycles. The Kier molecular flexibility index (Phi) is 3.82. The molecule has 0 aliphatic carbocycles. The summed E-state index contributed by atoms with van der Waals surface area (Å²) in [6, 6.07) is 8.01. The SMILES string of the molecule is NC(=O)COc1cccc(NC2CCNC2)c1. The van der Waals surface area contributed by atoms with Crippen LogP contribution in [0.4, 0.5) is 5.69 Å². The van der Waals surface area contributed by atoms with E-state index < -0.39 is 5.91 Å². The maximum Gasteiger partial charge on any atom is 0.255 e. The Balaban J connectivity index is 1.93. The molecule has 1 atom stereocenters. The molecule has 1 aromatic rings. The number of nitrogens with one attached hydrogen (secondary N) is 2. The van der Waals surface area contributed by atoms with Gasteiger partial charge in [-0.05, 0) is 25.1 Å². The fraction of sp³-hybridized carbons (Fsp3) is 0.417. The van der Waals surface area contributed by atoms with Gasteiger partial charge in [0, 0.05) is 24.3 Å². The summed E-state index contributed by atoms with van der Waals surface area (Å²) in [5, 5.41) is 6.70. The zero-order valence-electron chi connectivity index (χ0n) is 9.61. The Morgan fingerprint density at radius 3 is 3.18 bits per heavy atom. The molecule has 2 rings (SSSR count). The van der Waals surface area contributed by atoms with Crippen LogP contribution >= 0.6 is 0 Å². The van der Waals surface area contributed by atoms with Gasteiger partial charge in [0.2, 0.25) is 0 Å². The van der Waals surface area contributed by atoms with E-state index >= 15 is 0 Å². The van der Waals surface area contributed by atoms with Crippen molar-refractivity contribution in [1.82, 2.24) is 5.32 Å². The van der Waals surface area contributed by atoms with Crippen LogP contribution in [0.3, 0.4) is 0 Å². The number of amides is 1. The monoisotopic (exact) mass is 235 g/mol. The highest BCUT2D eigenvalue weighted by molar-refractivity contribution is 5.75. The molecule has 17 heavy (non-hydrogen) atoms. The molecule has 1 saturated heterocycles. The van der Waals surface area contributed by atoms with Crippen LogP contribution in [0, 0.1) is 0 Å². The molecular formula is C12H17N3O2. The van der Waals surface area contributed by atoms with Crippen LogP contribution in [-0.2, 0) is 4.79 Å². The molecule has 0 saturated carbocycles. The molecule has 0 spiro atoms. The van der Waals surface area contributed by atoms with Crippen LogP contribution in [0.25, 0.3) is 0 Å². The van der Waals surface area contributed by atoms with E-state index in [1.54, 1.807) is 6.07 Å². The largest absolute Gasteiger partial charge is 0.484 e. The molecule has 5 heteroatoms. The lowest BCUT2D eigenvalue weighted by Gasteiger charge is -2.13. The second kappa shape index (κ2) is 5.54. The van der Waals surface area contributed by atoms with Gasteiger partial charge in [-0.2, -0.15) is 0 Å². The number of anilines is 1. The number of hydrogen-bond donors (Lipinski definition) is 3. The minimum absolute atomic E-state index is 0.0889. The average Bonchev–Trinajstić information content (AvgIpc) is 2.80. The maximum atomic E-state index is 10.6. The van der Waals surface area contributed by atoms with Gasteiger partial charge in [-0.25, -0.2) is 0 Å². The predicted octanol–water partition coefficient (Wildman–Crippen LogP) is 0.324. The summed E-state index contributed by atoms with van der Waals surface area (Å²) < 4.78 is 5.24. The Morgan fingerprint density at radius 2 is 2.47 bits per heavy atom. The zero-order valence-corrected chi connectivity index (χ0v) is 9.61. The van der Waals surface area contributed by atoms with Crippen molar-refractivity contribution in [3.8, 4) is 5.75 Å². The van der Waals surface area contributed by atoms with Gasteiger partial charge in [0.25, 0.3) is 5.91 Å². The second-order valence-corrected chi connectivity index (χ2v) is 4.12. The number of primary amides is 1. The van der Waals surface area contributed by atoms with Crippen LogP contribution in [0.1, 0.15) is 6.42 Å². The molecule has 1 aromatic carbocycles. The zero-order chi connectivity index (χ0) is 12.1. The van der Waals surface area contributed by atoms with E-state index in [0.717, 1.165) is 25.2 Å². The summed E-state index contributed by atoms with van der Waals surface area (Å²) in [4.78, 5) is 10.6. The summed E-state index contributed by atoms with van der Waals surface area (Å²) in [6.07, 6.45) is 1.12. The lowest BCUT2D eigenvalue weighted by Crippen LogP contribution is -2.22. The van der Waals surface area contributed by atoms with Crippen LogP contribution in [0.2, 0.25) is 0 Å². The van der Waals surface area contributed by atoms with Crippen molar-refractivity contribution >= 4 is 11.6 Å². The molecular weight excluding hydrogens is 218 g/mol. The van der Waals surface area contributed by atoms with E-state index in [0.29, 0.717) is 11.8 Å². The highest BCUT2D eigenvalue weighted by Gasteiger charge is 2.13. The topological polar surface area (TPSA) is 76.4 Å². The molecule has 0 bridgehead atoms. The molecule has 1 aliphatic heterocycles. The predicted molar refractivity (Wildman–Crippen MR) is 66.0 cm³/mol. The van der Waals surface area contributed by atoms with Gasteiger partial charge in [-0.15, -0.1) is 0 Å². The molecule has 92 valence electrons. The van der Waals surface area contributed by atoms with Gasteiger partial charge in [0.1, 0.15) is 5.75 Å². The highest BCUT2D eigenvalue weighted by atomic mass is 16.5. The number of ether oxygens (including phenoxy) is 1. The first-order valence-corrected chi connectivity index (χ1v) is 5.72. The van der Waals surface area contributed by atoms with Gasteiger partial charge >= 0.3 is 0 Å². The van der Waals surface area contributed by atoms with E-state index in [2.05, 4.69) is 10.6 Å². The van der Waals surface area contributed by atoms with Crippen LogP contribution < -0.4 is 21.1 Å². The van der Waals surface area contributed by atoms with Gasteiger partial charge in [-0.3, -0.25) is 4.79 Å². The van der Waals surface area contributed by atoms with Crippen LogP contribution in [-0.4, -0.2) is 31.6 Å². The van der Waals surface area contributed by atoms with E-state index in [4.69, 9.17) is 10.5 Å². The number of carbonyl (C=O) groups is 1. The average molecular weight is 235 g/mol. The van der Waals surface area contributed by atoms with E-state index in [-0.39, 0.29) is 6.61 Å². The lowest BCUT2D eigenvalue weighted by molar-refractivity contribution is -0.119. The van der Waals surface area contributed by atoms with E-state index in [1.165, 1.54) is 0 Å². The van der Waals surface area contributed by atoms with Crippen molar-refractivity contribution in [1.29, 1.82) is 0 Å². The maximum absolute atomic E-state index is 10.6. The number of carbonyl (C=O) groups excluding carboxylic acids is 1. The summed E-state index contributed by atoms with van der Waals surface area (Å²) in [5.41, 5.74) is 6.02. The minimum Gasteiger partial charge on any atom is -0.484 e. The van der Waals surface area contributed by atoms with E-state index in [1.807, 2.05) is 18.2 Å². The lowest BCUT2D eigenvalue weighted by atomic mass is 10.2. The van der Waals surface area contributed by atoms with Gasteiger partial charge in [0.05, 0.1) is 0 Å². The van der Waals surface area contributed by atoms with Crippen molar-refractivity contribution in [2.75, 3.05) is 25.0 Å². The Morgan fingerprint density at radius 1 is 1.59 bits per heavy atom. The van der Waals surface area contributed by atoms with Crippen molar-refractivity contribution in [3.63, 3.8) is 0 Å². The molecule has 0 radical (unpaired) electrons. The highest BCUT2D eigenvalue weighted by Crippen LogP contribution is 2.19. The molecule has 1 unspecified atom stereocenters. The smallest absolute Gasteiger partial charge is 0.255 e. The van der Waals surface area contributed by atoms with Gasteiger partial charge < -0.3 is 21.1 Å². The first-order chi connectivity index (χ1) is 8.24. The normalized spacial score (nSPS) is 18.9. The third-order valence-corrected chi connectivity index (χ3v) is 2.65. The third kappa shape index (κ3) is 3.64. The molecule has 0 aromatic heterocycles. The van der Waals surface area contributed by atoms with Crippen LogP contribution in [0.15, 0.2) is 24.3 Å². The Labute approximate surface area is 100 Å². The molecule has 1 fully saturated rings.